The molecular weight excluding hydrogens is 250 g/mol. The average Bonchev–Trinajstić information content (AvgIpc) is 2.82. The zero-order chi connectivity index (χ0) is 13.8. The number of esters is 1. The maximum atomic E-state index is 11.6. The molecular formula is C11H13N5O3. The molecule has 0 bridgehead atoms. The number of nitrogens with zero attached hydrogens (tertiary/aromatic N) is 3. The highest BCUT2D eigenvalue weighted by Gasteiger charge is 2.14. The predicted octanol–water partition coefficient (Wildman–Crippen LogP) is 0.754. The number of ether oxygens (including phenoxy) is 1. The van der Waals surface area contributed by atoms with Crippen molar-refractivity contribution in [3.63, 3.8) is 0 Å². The summed E-state index contributed by atoms with van der Waals surface area (Å²) in [5.41, 5.74) is 6.22. The van der Waals surface area contributed by atoms with E-state index in [4.69, 9.17) is 10.3 Å². The SMILES string of the molecule is COC(=O)c1cc(N)cnc1NCc1noc(C)n1. The Balaban J connectivity index is 2.17. The topological polar surface area (TPSA) is 116 Å². The molecule has 2 heterocycles. The lowest BCUT2D eigenvalue weighted by Crippen LogP contribution is -2.11. The van der Waals surface area contributed by atoms with Gasteiger partial charge in [0.2, 0.25) is 5.89 Å². The van der Waals surface area contributed by atoms with E-state index in [1.807, 2.05) is 0 Å². The lowest BCUT2D eigenvalue weighted by Gasteiger charge is -2.08. The van der Waals surface area contributed by atoms with Crippen LogP contribution in [0.4, 0.5) is 11.5 Å². The summed E-state index contributed by atoms with van der Waals surface area (Å²) in [6, 6.07) is 1.49. The van der Waals surface area contributed by atoms with Gasteiger partial charge in [0.25, 0.3) is 0 Å². The fourth-order valence-corrected chi connectivity index (χ4v) is 1.46. The van der Waals surface area contributed by atoms with Crippen molar-refractivity contribution < 1.29 is 14.1 Å². The second kappa shape index (κ2) is 5.34. The third kappa shape index (κ3) is 2.97. The van der Waals surface area contributed by atoms with E-state index >= 15 is 0 Å². The van der Waals surface area contributed by atoms with Gasteiger partial charge in [-0.3, -0.25) is 0 Å². The molecule has 2 aromatic heterocycles. The average molecular weight is 263 g/mol. The summed E-state index contributed by atoms with van der Waals surface area (Å²) in [5.74, 6) is 0.761. The molecule has 19 heavy (non-hydrogen) atoms. The van der Waals surface area contributed by atoms with Crippen molar-refractivity contribution in [3.05, 3.63) is 29.5 Å². The smallest absolute Gasteiger partial charge is 0.341 e. The third-order valence-electron chi connectivity index (χ3n) is 2.30. The molecule has 8 nitrogen and oxygen atoms in total. The fourth-order valence-electron chi connectivity index (χ4n) is 1.46. The number of nitrogen functional groups attached to an aromatic ring is 1. The number of pyridine rings is 1. The summed E-state index contributed by atoms with van der Waals surface area (Å²) in [4.78, 5) is 19.7. The fraction of sp³-hybridized carbons (Fsp3) is 0.273. The molecule has 0 saturated heterocycles. The molecule has 0 fully saturated rings. The first kappa shape index (κ1) is 12.8. The Hall–Kier alpha value is -2.64. The van der Waals surface area contributed by atoms with Crippen LogP contribution in [0.3, 0.4) is 0 Å². The molecule has 0 aliphatic rings. The van der Waals surface area contributed by atoms with E-state index in [-0.39, 0.29) is 12.1 Å². The molecule has 0 saturated carbocycles. The van der Waals surface area contributed by atoms with Crippen LogP contribution in [0.1, 0.15) is 22.1 Å². The lowest BCUT2D eigenvalue weighted by molar-refractivity contribution is 0.0601. The Morgan fingerprint density at radius 2 is 2.37 bits per heavy atom. The van der Waals surface area contributed by atoms with Gasteiger partial charge in [-0.2, -0.15) is 4.98 Å². The first-order valence-electron chi connectivity index (χ1n) is 5.47. The van der Waals surface area contributed by atoms with Gasteiger partial charge in [-0.1, -0.05) is 5.16 Å². The Kier molecular flexibility index (Phi) is 3.60. The summed E-state index contributed by atoms with van der Waals surface area (Å²) < 4.78 is 9.50. The molecule has 0 radical (unpaired) electrons. The second-order valence-corrected chi connectivity index (χ2v) is 3.74. The Morgan fingerprint density at radius 1 is 1.58 bits per heavy atom. The highest BCUT2D eigenvalue weighted by molar-refractivity contribution is 5.95. The van der Waals surface area contributed by atoms with E-state index in [0.29, 0.717) is 23.2 Å². The van der Waals surface area contributed by atoms with Crippen molar-refractivity contribution in [1.29, 1.82) is 0 Å². The van der Waals surface area contributed by atoms with Crippen LogP contribution >= 0.6 is 0 Å². The summed E-state index contributed by atoms with van der Waals surface area (Å²) in [5, 5.41) is 6.66. The van der Waals surface area contributed by atoms with Gasteiger partial charge in [0.05, 0.1) is 25.5 Å². The molecule has 2 rings (SSSR count). The second-order valence-electron chi connectivity index (χ2n) is 3.74. The molecule has 0 spiro atoms. The highest BCUT2D eigenvalue weighted by atomic mass is 16.5. The number of methoxy groups -OCH3 is 1. The van der Waals surface area contributed by atoms with E-state index in [1.165, 1.54) is 19.4 Å². The van der Waals surface area contributed by atoms with E-state index in [0.717, 1.165) is 0 Å². The molecule has 2 aromatic rings. The van der Waals surface area contributed by atoms with Gasteiger partial charge in [-0.25, -0.2) is 9.78 Å². The maximum Gasteiger partial charge on any atom is 0.341 e. The number of carbonyl (C=O) groups excluding carboxylic acids is 1. The monoisotopic (exact) mass is 263 g/mol. The van der Waals surface area contributed by atoms with Crippen LogP contribution in [0, 0.1) is 6.92 Å². The van der Waals surface area contributed by atoms with Gasteiger partial charge in [0.15, 0.2) is 5.82 Å². The number of hydrogen-bond acceptors (Lipinski definition) is 8. The standard InChI is InChI=1S/C11H13N5O3/c1-6-15-9(16-19-6)5-14-10-8(11(17)18-2)3-7(12)4-13-10/h3-4H,5,12H2,1-2H3,(H,13,14). The maximum absolute atomic E-state index is 11.6. The Bertz CT molecular complexity index is 596. The number of rotatable bonds is 4. The van der Waals surface area contributed by atoms with E-state index < -0.39 is 5.97 Å². The molecule has 0 aliphatic heterocycles. The lowest BCUT2D eigenvalue weighted by atomic mass is 10.2. The quantitative estimate of drug-likeness (QED) is 0.776. The summed E-state index contributed by atoms with van der Waals surface area (Å²) >= 11 is 0. The van der Waals surface area contributed by atoms with E-state index in [1.54, 1.807) is 6.92 Å². The zero-order valence-corrected chi connectivity index (χ0v) is 10.5. The van der Waals surface area contributed by atoms with Crippen LogP contribution in [0.25, 0.3) is 0 Å². The largest absolute Gasteiger partial charge is 0.465 e. The normalized spacial score (nSPS) is 10.2. The number of anilines is 2. The van der Waals surface area contributed by atoms with Gasteiger partial charge < -0.3 is 20.3 Å². The van der Waals surface area contributed by atoms with Gasteiger partial charge in [0.1, 0.15) is 11.4 Å². The highest BCUT2D eigenvalue weighted by Crippen LogP contribution is 2.17. The van der Waals surface area contributed by atoms with Gasteiger partial charge in [0, 0.05) is 6.92 Å². The molecule has 8 heteroatoms. The van der Waals surface area contributed by atoms with Crippen molar-refractivity contribution in [2.75, 3.05) is 18.2 Å². The summed E-state index contributed by atoms with van der Waals surface area (Å²) in [7, 11) is 1.29. The molecule has 0 aliphatic carbocycles. The molecule has 0 amide bonds. The summed E-state index contributed by atoms with van der Waals surface area (Å²) in [6.07, 6.45) is 1.44. The number of aryl methyl sites for hydroxylation is 1. The predicted molar refractivity (Wildman–Crippen MR) is 66.4 cm³/mol. The van der Waals surface area contributed by atoms with Crippen molar-refractivity contribution in [1.82, 2.24) is 15.1 Å². The van der Waals surface area contributed by atoms with Crippen molar-refractivity contribution >= 4 is 17.5 Å². The molecule has 0 unspecified atom stereocenters. The van der Waals surface area contributed by atoms with Crippen molar-refractivity contribution in [2.45, 2.75) is 13.5 Å². The van der Waals surface area contributed by atoms with E-state index in [2.05, 4.69) is 25.2 Å². The number of nitrogens with two attached hydrogens (primary N) is 1. The van der Waals surface area contributed by atoms with Crippen LogP contribution in [-0.4, -0.2) is 28.2 Å². The van der Waals surface area contributed by atoms with Crippen molar-refractivity contribution in [2.24, 2.45) is 0 Å². The minimum Gasteiger partial charge on any atom is -0.465 e. The minimum absolute atomic E-state index is 0.253. The van der Waals surface area contributed by atoms with Gasteiger partial charge in [-0.05, 0) is 6.07 Å². The van der Waals surface area contributed by atoms with Crippen molar-refractivity contribution in [3.8, 4) is 0 Å². The van der Waals surface area contributed by atoms with Gasteiger partial charge >= 0.3 is 5.97 Å². The van der Waals surface area contributed by atoms with Crippen LogP contribution in [0.2, 0.25) is 0 Å². The number of hydrogen-bond donors (Lipinski definition) is 2. The molecule has 100 valence electrons. The Labute approximate surface area is 109 Å². The summed E-state index contributed by atoms with van der Waals surface area (Å²) in [6.45, 7) is 1.97. The van der Waals surface area contributed by atoms with Gasteiger partial charge in [-0.15, -0.1) is 0 Å². The Morgan fingerprint density at radius 3 is 3.00 bits per heavy atom. The number of aromatic nitrogens is 3. The molecule has 0 atom stereocenters. The molecule has 0 aromatic carbocycles. The van der Waals surface area contributed by atoms with Crippen LogP contribution in [0.15, 0.2) is 16.8 Å². The number of nitrogens with one attached hydrogen (secondary N) is 1. The number of carbonyl (C=O) groups is 1. The van der Waals surface area contributed by atoms with Crippen LogP contribution in [0.5, 0.6) is 0 Å². The molecule has 3 N–H and O–H groups in total. The first-order valence-corrected chi connectivity index (χ1v) is 5.47. The minimum atomic E-state index is -0.522. The zero-order valence-electron chi connectivity index (χ0n) is 10.5. The first-order chi connectivity index (χ1) is 9.10. The third-order valence-corrected chi connectivity index (χ3v) is 2.30. The van der Waals surface area contributed by atoms with Crippen LogP contribution < -0.4 is 11.1 Å². The van der Waals surface area contributed by atoms with E-state index in [9.17, 15) is 4.79 Å². The van der Waals surface area contributed by atoms with Crippen LogP contribution in [-0.2, 0) is 11.3 Å².